The van der Waals surface area contributed by atoms with Gasteiger partial charge in [0.05, 0.1) is 11.0 Å². The van der Waals surface area contributed by atoms with Crippen molar-refractivity contribution in [1.82, 2.24) is 5.48 Å². The first-order valence-electron chi connectivity index (χ1n) is 7.46. The van der Waals surface area contributed by atoms with Crippen LogP contribution in [0.4, 0.5) is 0 Å². The number of aldehydes is 1. The molecule has 128 valence electrons. The molecule has 0 fully saturated rings. The van der Waals surface area contributed by atoms with Gasteiger partial charge in [0.25, 0.3) is 0 Å². The molecule has 0 bridgehead atoms. The molecule has 1 heterocycles. The van der Waals surface area contributed by atoms with Crippen LogP contribution in [-0.2, 0) is 26.9 Å². The van der Waals surface area contributed by atoms with Gasteiger partial charge in [0.15, 0.2) is 0 Å². The lowest BCUT2D eigenvalue weighted by atomic mass is 10.0. The lowest BCUT2D eigenvalue weighted by Gasteiger charge is -2.11. The topological polar surface area (TPSA) is 88.0 Å². The summed E-state index contributed by atoms with van der Waals surface area (Å²) >= 11 is 0. The molecule has 23 heavy (non-hydrogen) atoms. The number of carbonyl (C=O) groups is 1. The molecule has 2 N–H and O–H groups in total. The first-order valence-corrected chi connectivity index (χ1v) is 9.08. The van der Waals surface area contributed by atoms with E-state index in [1.54, 1.807) is 11.7 Å². The normalized spacial score (nSPS) is 19.0. The number of carbonyl (C=O) groups excluding carboxylic acids is 1. The van der Waals surface area contributed by atoms with E-state index in [9.17, 15) is 9.00 Å². The van der Waals surface area contributed by atoms with Crippen LogP contribution in [-0.4, -0.2) is 46.1 Å². The third kappa shape index (κ3) is 6.21. The number of aryl methyl sites for hydroxylation is 1. The summed E-state index contributed by atoms with van der Waals surface area (Å²) in [5.41, 5.74) is 4.97. The van der Waals surface area contributed by atoms with Crippen LogP contribution in [0, 0.1) is 0 Å². The summed E-state index contributed by atoms with van der Waals surface area (Å²) in [6.45, 7) is 2.12. The first kappa shape index (κ1) is 19.5. The molecule has 1 aromatic carbocycles. The molecule has 0 spiro atoms. The fourth-order valence-corrected chi connectivity index (χ4v) is 2.83. The number of benzene rings is 1. The van der Waals surface area contributed by atoms with Crippen LogP contribution < -0.4 is 5.48 Å². The lowest BCUT2D eigenvalue weighted by Crippen LogP contribution is -2.23. The second-order valence-electron chi connectivity index (χ2n) is 5.15. The van der Waals surface area contributed by atoms with Gasteiger partial charge in [-0.2, -0.15) is 0 Å². The quantitative estimate of drug-likeness (QED) is 0.607. The third-order valence-electron chi connectivity index (χ3n) is 3.50. The minimum Gasteiger partial charge on any atom is -0.392 e. The summed E-state index contributed by atoms with van der Waals surface area (Å²) in [5.74, 6) is 0. The van der Waals surface area contributed by atoms with Gasteiger partial charge in [0, 0.05) is 36.9 Å². The van der Waals surface area contributed by atoms with Crippen LogP contribution >= 0.6 is 0 Å². The van der Waals surface area contributed by atoms with Gasteiger partial charge in [-0.1, -0.05) is 36.3 Å². The minimum atomic E-state index is -1.16. The van der Waals surface area contributed by atoms with Crippen LogP contribution in [0.3, 0.4) is 0 Å². The predicted molar refractivity (Wildman–Crippen MR) is 91.2 cm³/mol. The average Bonchev–Trinajstić information content (AvgIpc) is 3.02. The Bertz CT molecular complexity index is 546. The molecule has 0 radical (unpaired) electrons. The van der Waals surface area contributed by atoms with E-state index >= 15 is 0 Å². The van der Waals surface area contributed by atoms with Crippen LogP contribution in [0.5, 0.6) is 0 Å². The number of hydrogen-bond donors (Lipinski definition) is 2. The molecule has 0 aromatic heterocycles. The van der Waals surface area contributed by atoms with Gasteiger partial charge in [0.1, 0.15) is 12.4 Å². The van der Waals surface area contributed by atoms with E-state index in [0.29, 0.717) is 12.8 Å². The molecular formula is C16H24N2O4S. The van der Waals surface area contributed by atoms with Gasteiger partial charge < -0.3 is 14.8 Å². The maximum absolute atomic E-state index is 11.4. The second-order valence-corrected chi connectivity index (χ2v) is 6.76. The van der Waals surface area contributed by atoms with E-state index in [-0.39, 0.29) is 6.10 Å². The van der Waals surface area contributed by atoms with Crippen LogP contribution in [0.25, 0.3) is 0 Å². The van der Waals surface area contributed by atoms with Gasteiger partial charge in [0.2, 0.25) is 0 Å². The molecular weight excluding hydrogens is 316 g/mol. The molecule has 3 unspecified atom stereocenters. The zero-order valence-electron chi connectivity index (χ0n) is 13.7. The first-order chi connectivity index (χ1) is 11.0. The number of hydroxylamine groups is 1. The van der Waals surface area contributed by atoms with E-state index in [0.717, 1.165) is 24.0 Å². The Kier molecular flexibility index (Phi) is 8.68. The van der Waals surface area contributed by atoms with Crippen molar-refractivity contribution in [2.45, 2.75) is 37.5 Å². The Morgan fingerprint density at radius 3 is 2.57 bits per heavy atom. The number of nitrogens with zero attached hydrogens (tertiary/aromatic N) is 1. The Labute approximate surface area is 139 Å². The zero-order valence-corrected chi connectivity index (χ0v) is 14.5. The molecule has 0 saturated carbocycles. The zero-order chi connectivity index (χ0) is 17.2. The average molecular weight is 340 g/mol. The van der Waals surface area contributed by atoms with Gasteiger partial charge in [-0.15, -0.1) is 0 Å². The summed E-state index contributed by atoms with van der Waals surface area (Å²) in [4.78, 5) is 16.2. The standard InChI is InChI=1S/C15H19NO3S.CH5NO/c1-3-11-4-6-12(7-5-11)15-9-13(19-16-15)8-14(10-17)20(2)18;1-2-3/h4-7,10,13-14H,3,8-9H2,1-2H3;2-3H,1H3. The molecule has 7 heteroatoms. The van der Waals surface area contributed by atoms with Crippen molar-refractivity contribution in [3.05, 3.63) is 35.4 Å². The van der Waals surface area contributed by atoms with Gasteiger partial charge in [-0.25, -0.2) is 5.48 Å². The number of hydrogen-bond acceptors (Lipinski definition) is 6. The largest absolute Gasteiger partial charge is 0.392 e. The van der Waals surface area contributed by atoms with Crippen LogP contribution in [0.15, 0.2) is 29.4 Å². The number of nitrogens with one attached hydrogen (secondary N) is 1. The van der Waals surface area contributed by atoms with E-state index in [1.807, 2.05) is 12.1 Å². The van der Waals surface area contributed by atoms with Crippen molar-refractivity contribution >= 4 is 22.8 Å². The lowest BCUT2D eigenvalue weighted by molar-refractivity contribution is -0.108. The van der Waals surface area contributed by atoms with E-state index in [4.69, 9.17) is 10.0 Å². The van der Waals surface area contributed by atoms with Gasteiger partial charge in [-0.3, -0.25) is 4.21 Å². The van der Waals surface area contributed by atoms with Crippen molar-refractivity contribution in [3.63, 3.8) is 0 Å². The number of rotatable bonds is 6. The molecule has 6 nitrogen and oxygen atoms in total. The smallest absolute Gasteiger partial charge is 0.135 e. The highest BCUT2D eigenvalue weighted by Gasteiger charge is 2.26. The Balaban J connectivity index is 0.000000816. The summed E-state index contributed by atoms with van der Waals surface area (Å²) in [5, 5.41) is 10.9. The molecule has 1 aliphatic rings. The molecule has 3 atom stereocenters. The van der Waals surface area contributed by atoms with Crippen molar-refractivity contribution in [2.24, 2.45) is 5.16 Å². The van der Waals surface area contributed by atoms with Crippen molar-refractivity contribution < 1.29 is 19.0 Å². The Morgan fingerprint density at radius 2 is 2.09 bits per heavy atom. The monoisotopic (exact) mass is 340 g/mol. The summed E-state index contributed by atoms with van der Waals surface area (Å²) in [6.07, 6.45) is 4.25. The number of oxime groups is 1. The fourth-order valence-electron chi connectivity index (χ4n) is 2.19. The van der Waals surface area contributed by atoms with Crippen molar-refractivity contribution in [2.75, 3.05) is 13.3 Å². The van der Waals surface area contributed by atoms with Crippen LogP contribution in [0.1, 0.15) is 30.9 Å². The van der Waals surface area contributed by atoms with Gasteiger partial charge >= 0.3 is 0 Å². The maximum atomic E-state index is 11.4. The second kappa shape index (κ2) is 10.3. The molecule has 1 aromatic rings. The molecule has 1 aliphatic heterocycles. The summed E-state index contributed by atoms with van der Waals surface area (Å²) < 4.78 is 11.4. The third-order valence-corrected chi connectivity index (χ3v) is 4.66. The Morgan fingerprint density at radius 1 is 1.48 bits per heavy atom. The minimum absolute atomic E-state index is 0.157. The highest BCUT2D eigenvalue weighted by Crippen LogP contribution is 2.21. The Hall–Kier alpha value is -1.57. The van der Waals surface area contributed by atoms with Crippen molar-refractivity contribution in [3.8, 4) is 0 Å². The predicted octanol–water partition coefficient (Wildman–Crippen LogP) is 1.67. The highest BCUT2D eigenvalue weighted by molar-refractivity contribution is 7.85. The summed E-state index contributed by atoms with van der Waals surface area (Å²) in [7, 11) is 0.272. The fraction of sp³-hybridized carbons (Fsp3) is 0.500. The molecule has 2 rings (SSSR count). The molecule has 0 amide bonds. The van der Waals surface area contributed by atoms with E-state index in [1.165, 1.54) is 12.6 Å². The van der Waals surface area contributed by atoms with E-state index < -0.39 is 16.0 Å². The SMILES string of the molecule is CCc1ccc(C2=NOC(CC(C=O)S(C)=O)C2)cc1.CNO. The maximum Gasteiger partial charge on any atom is 0.135 e. The molecule has 0 aliphatic carbocycles. The van der Waals surface area contributed by atoms with Crippen molar-refractivity contribution in [1.29, 1.82) is 0 Å². The van der Waals surface area contributed by atoms with Gasteiger partial charge in [-0.05, 0) is 17.5 Å². The van der Waals surface area contributed by atoms with Crippen LogP contribution in [0.2, 0.25) is 0 Å². The molecule has 0 saturated heterocycles. The van der Waals surface area contributed by atoms with E-state index in [2.05, 4.69) is 24.2 Å². The highest BCUT2D eigenvalue weighted by atomic mass is 32.2. The summed E-state index contributed by atoms with van der Waals surface area (Å²) in [6, 6.07) is 8.25.